The first-order valence-corrected chi connectivity index (χ1v) is 8.88. The molecule has 0 aliphatic carbocycles. The van der Waals surface area contributed by atoms with Crippen LogP contribution in [0.2, 0.25) is 0 Å². The molecule has 2 aliphatic rings. The normalized spacial score (nSPS) is 18.1. The Kier molecular flexibility index (Phi) is 4.80. The van der Waals surface area contributed by atoms with Crippen molar-refractivity contribution >= 4 is 17.9 Å². The number of carbonyl (C=O) groups is 3. The molecule has 0 fully saturated rings. The molecule has 28 heavy (non-hydrogen) atoms. The van der Waals surface area contributed by atoms with Gasteiger partial charge in [0.2, 0.25) is 0 Å². The van der Waals surface area contributed by atoms with E-state index in [4.69, 9.17) is 9.47 Å². The molecule has 2 aromatic carbocycles. The highest BCUT2D eigenvalue weighted by Crippen LogP contribution is 2.23. The maximum Gasteiger partial charge on any atom is 0.414 e. The zero-order valence-corrected chi connectivity index (χ0v) is 15.0. The van der Waals surface area contributed by atoms with Gasteiger partial charge in [0.05, 0.1) is 30.5 Å². The van der Waals surface area contributed by atoms with E-state index in [1.165, 1.54) is 17.4 Å². The summed E-state index contributed by atoms with van der Waals surface area (Å²) >= 11 is 0. The average molecular weight is 378 g/mol. The third kappa shape index (κ3) is 3.46. The van der Waals surface area contributed by atoms with Crippen LogP contribution in [0.25, 0.3) is 0 Å². The van der Waals surface area contributed by atoms with E-state index in [0.717, 1.165) is 10.5 Å². The summed E-state index contributed by atoms with van der Waals surface area (Å²) in [6.45, 7) is 0.393. The van der Waals surface area contributed by atoms with Crippen LogP contribution >= 0.6 is 0 Å². The fourth-order valence-corrected chi connectivity index (χ4v) is 3.19. The highest BCUT2D eigenvalue weighted by atomic mass is 16.6. The molecule has 0 aromatic heterocycles. The fraction of sp³-hybridized carbons (Fsp3) is 0.190. The van der Waals surface area contributed by atoms with E-state index in [1.54, 1.807) is 24.3 Å². The lowest BCUT2D eigenvalue weighted by molar-refractivity contribution is 0.0351. The molecule has 0 radical (unpaired) electrons. The van der Waals surface area contributed by atoms with Gasteiger partial charge in [-0.15, -0.1) is 0 Å². The second-order valence-corrected chi connectivity index (χ2v) is 6.50. The van der Waals surface area contributed by atoms with Crippen molar-refractivity contribution in [3.05, 3.63) is 83.7 Å². The number of hydrogen-bond donors (Lipinski definition) is 0. The molecule has 4 rings (SSSR count). The lowest BCUT2D eigenvalue weighted by atomic mass is 10.1. The zero-order valence-electron chi connectivity index (χ0n) is 15.0. The molecular weight excluding hydrogens is 360 g/mol. The Morgan fingerprint density at radius 1 is 1.00 bits per heavy atom. The van der Waals surface area contributed by atoms with Gasteiger partial charge in [-0.3, -0.25) is 19.4 Å². The number of benzene rings is 2. The van der Waals surface area contributed by atoms with Crippen molar-refractivity contribution in [2.45, 2.75) is 12.7 Å². The van der Waals surface area contributed by atoms with E-state index in [9.17, 15) is 14.4 Å². The van der Waals surface area contributed by atoms with Crippen molar-refractivity contribution < 1.29 is 23.9 Å². The zero-order chi connectivity index (χ0) is 19.5. The first-order valence-electron chi connectivity index (χ1n) is 8.88. The fourth-order valence-electron chi connectivity index (χ4n) is 3.19. The minimum Gasteiger partial charge on any atom is -0.493 e. The SMILES string of the molecule is O=C(OCc1ccccc1)N1C=COC(CN2C(=O)c3ccccc3C2=O)C1. The summed E-state index contributed by atoms with van der Waals surface area (Å²) in [6, 6.07) is 16.1. The first-order chi connectivity index (χ1) is 13.6. The summed E-state index contributed by atoms with van der Waals surface area (Å²) in [6.07, 6.45) is 1.80. The lowest BCUT2D eigenvalue weighted by Gasteiger charge is -2.29. The van der Waals surface area contributed by atoms with E-state index in [2.05, 4.69) is 0 Å². The Morgan fingerprint density at radius 2 is 1.64 bits per heavy atom. The number of rotatable bonds is 4. The van der Waals surface area contributed by atoms with Crippen molar-refractivity contribution in [3.63, 3.8) is 0 Å². The van der Waals surface area contributed by atoms with E-state index in [-0.39, 0.29) is 31.5 Å². The predicted molar refractivity (Wildman–Crippen MR) is 99.2 cm³/mol. The van der Waals surface area contributed by atoms with Crippen LogP contribution in [-0.4, -0.2) is 46.9 Å². The predicted octanol–water partition coefficient (Wildman–Crippen LogP) is 2.79. The Bertz CT molecular complexity index is 906. The Labute approximate surface area is 161 Å². The summed E-state index contributed by atoms with van der Waals surface area (Å²) in [7, 11) is 0. The van der Waals surface area contributed by atoms with E-state index >= 15 is 0 Å². The topological polar surface area (TPSA) is 76.2 Å². The van der Waals surface area contributed by atoms with Crippen LogP contribution in [0.1, 0.15) is 26.3 Å². The maximum atomic E-state index is 12.5. The molecule has 0 saturated carbocycles. The van der Waals surface area contributed by atoms with Gasteiger partial charge in [0.1, 0.15) is 12.7 Å². The van der Waals surface area contributed by atoms with Crippen LogP contribution in [0.3, 0.4) is 0 Å². The molecular formula is C21H18N2O5. The van der Waals surface area contributed by atoms with Crippen LogP contribution < -0.4 is 0 Å². The van der Waals surface area contributed by atoms with E-state index < -0.39 is 12.2 Å². The molecule has 0 bridgehead atoms. The van der Waals surface area contributed by atoms with Gasteiger partial charge >= 0.3 is 6.09 Å². The molecule has 0 saturated heterocycles. The molecule has 0 N–H and O–H groups in total. The minimum atomic E-state index is -0.531. The number of imide groups is 1. The molecule has 7 nitrogen and oxygen atoms in total. The molecule has 142 valence electrons. The molecule has 0 spiro atoms. The van der Waals surface area contributed by atoms with Crippen LogP contribution in [0, 0.1) is 0 Å². The third-order valence-corrected chi connectivity index (χ3v) is 4.62. The van der Waals surface area contributed by atoms with Crippen LogP contribution in [-0.2, 0) is 16.1 Å². The lowest BCUT2D eigenvalue weighted by Crippen LogP contribution is -2.45. The number of ether oxygens (including phenoxy) is 2. The second kappa shape index (κ2) is 7.56. The van der Waals surface area contributed by atoms with Crippen LogP contribution in [0.5, 0.6) is 0 Å². The standard InChI is InChI=1S/C21H18N2O5/c24-19-17-8-4-5-9-18(17)20(25)23(19)13-16-12-22(10-11-27-16)21(26)28-14-15-6-2-1-3-7-15/h1-11,16H,12-14H2. The number of hydrogen-bond acceptors (Lipinski definition) is 5. The first kappa shape index (κ1) is 17.8. The summed E-state index contributed by atoms with van der Waals surface area (Å²) in [5, 5.41) is 0. The van der Waals surface area contributed by atoms with Crippen LogP contribution in [0.4, 0.5) is 4.79 Å². The van der Waals surface area contributed by atoms with Gasteiger partial charge in [0.15, 0.2) is 0 Å². The maximum absolute atomic E-state index is 12.5. The number of fused-ring (bicyclic) bond motifs is 1. The van der Waals surface area contributed by atoms with Gasteiger partial charge < -0.3 is 9.47 Å². The molecule has 2 heterocycles. The quantitative estimate of drug-likeness (QED) is 0.765. The smallest absolute Gasteiger partial charge is 0.414 e. The Hall–Kier alpha value is -3.61. The van der Waals surface area contributed by atoms with Gasteiger partial charge in [0.25, 0.3) is 11.8 Å². The highest BCUT2D eigenvalue weighted by Gasteiger charge is 2.37. The second-order valence-electron chi connectivity index (χ2n) is 6.50. The van der Waals surface area contributed by atoms with Crippen molar-refractivity contribution in [3.8, 4) is 0 Å². The van der Waals surface area contributed by atoms with Crippen molar-refractivity contribution in [2.75, 3.05) is 13.1 Å². The van der Waals surface area contributed by atoms with Crippen molar-refractivity contribution in [1.82, 2.24) is 9.80 Å². The highest BCUT2D eigenvalue weighted by molar-refractivity contribution is 6.21. The largest absolute Gasteiger partial charge is 0.493 e. The van der Waals surface area contributed by atoms with Crippen molar-refractivity contribution in [2.24, 2.45) is 0 Å². The van der Waals surface area contributed by atoms with Gasteiger partial charge in [-0.1, -0.05) is 42.5 Å². The van der Waals surface area contributed by atoms with Gasteiger partial charge in [-0.2, -0.15) is 0 Å². The Balaban J connectivity index is 1.36. The molecule has 2 aliphatic heterocycles. The molecule has 7 heteroatoms. The summed E-state index contributed by atoms with van der Waals surface area (Å²) in [4.78, 5) is 39.8. The minimum absolute atomic E-state index is 0.0547. The molecule has 3 amide bonds. The van der Waals surface area contributed by atoms with Crippen LogP contribution in [0.15, 0.2) is 67.1 Å². The van der Waals surface area contributed by atoms with E-state index in [1.807, 2.05) is 30.3 Å². The monoisotopic (exact) mass is 378 g/mol. The summed E-state index contributed by atoms with van der Waals surface area (Å²) in [5.74, 6) is -0.700. The molecule has 2 aromatic rings. The summed E-state index contributed by atoms with van der Waals surface area (Å²) < 4.78 is 10.8. The summed E-state index contributed by atoms with van der Waals surface area (Å²) in [5.41, 5.74) is 1.66. The van der Waals surface area contributed by atoms with Gasteiger partial charge in [-0.05, 0) is 17.7 Å². The number of nitrogens with zero attached hydrogens (tertiary/aromatic N) is 2. The van der Waals surface area contributed by atoms with Gasteiger partial charge in [-0.25, -0.2) is 4.79 Å². The molecule has 1 atom stereocenters. The molecule has 1 unspecified atom stereocenters. The third-order valence-electron chi connectivity index (χ3n) is 4.62. The van der Waals surface area contributed by atoms with Gasteiger partial charge in [0, 0.05) is 6.20 Å². The Morgan fingerprint density at radius 3 is 2.32 bits per heavy atom. The van der Waals surface area contributed by atoms with E-state index in [0.29, 0.717) is 11.1 Å². The number of amides is 3. The van der Waals surface area contributed by atoms with Crippen molar-refractivity contribution in [1.29, 1.82) is 0 Å². The average Bonchev–Trinajstić information content (AvgIpc) is 2.98. The number of carbonyl (C=O) groups excluding carboxylic acids is 3.